The third kappa shape index (κ3) is 5.23. The predicted octanol–water partition coefficient (Wildman–Crippen LogP) is 5.04. The van der Waals surface area contributed by atoms with Gasteiger partial charge in [0.25, 0.3) is 5.91 Å². The summed E-state index contributed by atoms with van der Waals surface area (Å²) >= 11 is 3.35. The number of imidazole rings is 1. The summed E-state index contributed by atoms with van der Waals surface area (Å²) in [6, 6.07) is 20.1. The van der Waals surface area contributed by atoms with E-state index in [1.807, 2.05) is 47.0 Å². The van der Waals surface area contributed by atoms with Crippen LogP contribution in [0.4, 0.5) is 5.69 Å². The summed E-state index contributed by atoms with van der Waals surface area (Å²) in [5.41, 5.74) is 3.50. The van der Waals surface area contributed by atoms with Crippen molar-refractivity contribution in [2.24, 2.45) is 0 Å². The van der Waals surface area contributed by atoms with Crippen LogP contribution in [0.3, 0.4) is 0 Å². The topological polar surface area (TPSA) is 82.5 Å². The Balaban J connectivity index is 1.44. The molecule has 33 heavy (non-hydrogen) atoms. The Morgan fingerprint density at radius 3 is 2.61 bits per heavy atom. The van der Waals surface area contributed by atoms with Crippen LogP contribution >= 0.6 is 15.9 Å². The molecule has 7 nitrogen and oxygen atoms in total. The largest absolute Gasteiger partial charge is 0.496 e. The zero-order valence-corrected chi connectivity index (χ0v) is 19.7. The molecule has 0 fully saturated rings. The maximum atomic E-state index is 12.6. The van der Waals surface area contributed by atoms with Crippen LogP contribution in [0.15, 0.2) is 77.5 Å². The Labute approximate surface area is 199 Å². The van der Waals surface area contributed by atoms with Crippen molar-refractivity contribution in [1.29, 1.82) is 0 Å². The van der Waals surface area contributed by atoms with Gasteiger partial charge in [-0.25, -0.2) is 9.78 Å². The molecule has 0 radical (unpaired) electrons. The van der Waals surface area contributed by atoms with E-state index in [0.29, 0.717) is 23.3 Å². The number of nitrogens with one attached hydrogen (secondary N) is 1. The summed E-state index contributed by atoms with van der Waals surface area (Å²) in [7, 11) is 1.64. The zero-order valence-electron chi connectivity index (χ0n) is 18.1. The molecule has 0 saturated carbocycles. The fourth-order valence-electron chi connectivity index (χ4n) is 3.39. The summed E-state index contributed by atoms with van der Waals surface area (Å²) in [5.74, 6) is -0.197. The molecule has 8 heteroatoms. The number of carbonyl (C=O) groups is 2. The van der Waals surface area contributed by atoms with E-state index < -0.39 is 18.0 Å². The summed E-state index contributed by atoms with van der Waals surface area (Å²) in [5, 5.41) is 2.73. The number of nitrogens with zero attached hydrogens (tertiary/aromatic N) is 2. The molecule has 0 bridgehead atoms. The van der Waals surface area contributed by atoms with Gasteiger partial charge in [-0.2, -0.15) is 0 Å². The number of benzene rings is 3. The Morgan fingerprint density at radius 1 is 1.09 bits per heavy atom. The number of hydrogen-bond donors (Lipinski definition) is 1. The first-order chi connectivity index (χ1) is 15.9. The van der Waals surface area contributed by atoms with Gasteiger partial charge in [0, 0.05) is 15.7 Å². The highest BCUT2D eigenvalue weighted by Gasteiger charge is 2.20. The van der Waals surface area contributed by atoms with Crippen molar-refractivity contribution in [2.75, 3.05) is 12.4 Å². The highest BCUT2D eigenvalue weighted by atomic mass is 79.9. The average molecular weight is 508 g/mol. The Hall–Kier alpha value is -3.65. The van der Waals surface area contributed by atoms with E-state index in [9.17, 15) is 9.59 Å². The average Bonchev–Trinajstić information content (AvgIpc) is 3.22. The summed E-state index contributed by atoms with van der Waals surface area (Å²) < 4.78 is 13.7. The Kier molecular flexibility index (Phi) is 6.74. The number of carbonyl (C=O) groups excluding carboxylic acids is 2. The van der Waals surface area contributed by atoms with Gasteiger partial charge in [-0.3, -0.25) is 4.79 Å². The van der Waals surface area contributed by atoms with Crippen LogP contribution in [-0.4, -0.2) is 34.6 Å². The molecule has 0 saturated heterocycles. The number of fused-ring (bicyclic) bond motifs is 1. The van der Waals surface area contributed by atoms with E-state index in [1.54, 1.807) is 37.7 Å². The van der Waals surface area contributed by atoms with Gasteiger partial charge in [-0.1, -0.05) is 34.1 Å². The second kappa shape index (κ2) is 9.87. The molecule has 0 aliphatic rings. The lowest BCUT2D eigenvalue weighted by molar-refractivity contribution is -0.123. The molecule has 4 aromatic rings. The number of ether oxygens (including phenoxy) is 2. The van der Waals surface area contributed by atoms with Gasteiger partial charge in [-0.05, 0) is 55.5 Å². The minimum absolute atomic E-state index is 0.327. The van der Waals surface area contributed by atoms with E-state index in [0.717, 1.165) is 21.3 Å². The normalized spacial score (nSPS) is 11.7. The smallest absolute Gasteiger partial charge is 0.338 e. The van der Waals surface area contributed by atoms with Crippen molar-refractivity contribution in [3.63, 3.8) is 0 Å². The van der Waals surface area contributed by atoms with E-state index >= 15 is 0 Å². The van der Waals surface area contributed by atoms with E-state index in [2.05, 4.69) is 26.2 Å². The molecule has 0 spiro atoms. The van der Waals surface area contributed by atoms with Gasteiger partial charge >= 0.3 is 5.97 Å². The maximum Gasteiger partial charge on any atom is 0.338 e. The summed E-state index contributed by atoms with van der Waals surface area (Å²) in [4.78, 5) is 29.4. The lowest BCUT2D eigenvalue weighted by atomic mass is 10.1. The van der Waals surface area contributed by atoms with Crippen molar-refractivity contribution in [1.82, 2.24) is 9.55 Å². The number of para-hydroxylation sites is 1. The first-order valence-corrected chi connectivity index (χ1v) is 11.1. The molecule has 1 amide bonds. The van der Waals surface area contributed by atoms with Gasteiger partial charge in [0.05, 0.1) is 36.6 Å². The molecule has 1 N–H and O–H groups in total. The molecule has 1 atom stereocenters. The van der Waals surface area contributed by atoms with Crippen LogP contribution in [0, 0.1) is 0 Å². The highest BCUT2D eigenvalue weighted by molar-refractivity contribution is 9.10. The monoisotopic (exact) mass is 507 g/mol. The van der Waals surface area contributed by atoms with Gasteiger partial charge in [0.15, 0.2) is 6.10 Å². The van der Waals surface area contributed by atoms with Crippen LogP contribution in [-0.2, 0) is 16.1 Å². The van der Waals surface area contributed by atoms with Gasteiger partial charge < -0.3 is 19.4 Å². The number of esters is 1. The Morgan fingerprint density at radius 2 is 1.85 bits per heavy atom. The van der Waals surface area contributed by atoms with Crippen LogP contribution in [0.25, 0.3) is 11.0 Å². The van der Waals surface area contributed by atoms with Crippen molar-refractivity contribution < 1.29 is 19.1 Å². The number of halogens is 1. The zero-order chi connectivity index (χ0) is 23.4. The number of methoxy groups -OCH3 is 1. The fourth-order valence-corrected chi connectivity index (χ4v) is 3.66. The third-order valence-corrected chi connectivity index (χ3v) is 5.68. The third-order valence-electron chi connectivity index (χ3n) is 5.15. The van der Waals surface area contributed by atoms with Crippen LogP contribution in [0.1, 0.15) is 22.8 Å². The molecule has 1 unspecified atom stereocenters. The molecular formula is C25H22BrN3O4. The fraction of sp³-hybridized carbons (Fsp3) is 0.160. The molecule has 1 heterocycles. The first kappa shape index (κ1) is 22.5. The summed E-state index contributed by atoms with van der Waals surface area (Å²) in [6.07, 6.45) is 0.764. The number of rotatable bonds is 7. The molecule has 1 aromatic heterocycles. The lowest BCUT2D eigenvalue weighted by Crippen LogP contribution is -2.30. The van der Waals surface area contributed by atoms with Crippen molar-refractivity contribution in [3.8, 4) is 5.75 Å². The second-order valence-corrected chi connectivity index (χ2v) is 8.35. The molecule has 3 aromatic carbocycles. The predicted molar refractivity (Wildman–Crippen MR) is 129 cm³/mol. The Bertz CT molecular complexity index is 1300. The van der Waals surface area contributed by atoms with Crippen LogP contribution < -0.4 is 10.1 Å². The standard InChI is InChI=1S/C25H22BrN3O4/c1-16(24(30)28-20-10-8-19(26)9-11-20)33-25(31)17-7-12-22-21(13-17)27-15-29(22)14-18-5-3-4-6-23(18)32-2/h3-13,15-16H,14H2,1-2H3,(H,28,30). The number of hydrogen-bond acceptors (Lipinski definition) is 5. The van der Waals surface area contributed by atoms with Crippen molar-refractivity contribution >= 4 is 44.5 Å². The maximum absolute atomic E-state index is 12.6. The minimum Gasteiger partial charge on any atom is -0.496 e. The molecular weight excluding hydrogens is 486 g/mol. The number of amides is 1. The molecule has 4 rings (SSSR count). The second-order valence-electron chi connectivity index (χ2n) is 7.43. The molecule has 168 valence electrons. The lowest BCUT2D eigenvalue weighted by Gasteiger charge is -2.14. The quantitative estimate of drug-likeness (QED) is 0.354. The SMILES string of the molecule is COc1ccccc1Cn1cnc2cc(C(=O)OC(C)C(=O)Nc3ccc(Br)cc3)ccc21. The van der Waals surface area contributed by atoms with E-state index in [-0.39, 0.29) is 0 Å². The van der Waals surface area contributed by atoms with Crippen molar-refractivity contribution in [3.05, 3.63) is 88.7 Å². The first-order valence-electron chi connectivity index (χ1n) is 10.3. The van der Waals surface area contributed by atoms with Gasteiger partial charge in [0.1, 0.15) is 5.75 Å². The van der Waals surface area contributed by atoms with Gasteiger partial charge in [-0.15, -0.1) is 0 Å². The minimum atomic E-state index is -0.958. The van der Waals surface area contributed by atoms with Gasteiger partial charge in [0.2, 0.25) is 0 Å². The molecule has 0 aliphatic carbocycles. The summed E-state index contributed by atoms with van der Waals surface area (Å²) in [6.45, 7) is 2.12. The van der Waals surface area contributed by atoms with E-state index in [1.165, 1.54) is 6.92 Å². The number of aromatic nitrogens is 2. The highest BCUT2D eigenvalue weighted by Crippen LogP contribution is 2.22. The van der Waals surface area contributed by atoms with E-state index in [4.69, 9.17) is 9.47 Å². The molecule has 0 aliphatic heterocycles. The van der Waals surface area contributed by atoms with Crippen molar-refractivity contribution in [2.45, 2.75) is 19.6 Å². The van der Waals surface area contributed by atoms with Crippen LogP contribution in [0.2, 0.25) is 0 Å². The number of anilines is 1. The van der Waals surface area contributed by atoms with Crippen LogP contribution in [0.5, 0.6) is 5.75 Å².